The van der Waals surface area contributed by atoms with Gasteiger partial charge < -0.3 is 19.5 Å². The number of benzene rings is 1. The van der Waals surface area contributed by atoms with Gasteiger partial charge in [-0.2, -0.15) is 0 Å². The molecule has 0 radical (unpaired) electrons. The first-order valence-corrected chi connectivity index (χ1v) is 7.52. The highest BCUT2D eigenvalue weighted by Gasteiger charge is 2.13. The first-order valence-electron chi connectivity index (χ1n) is 6.64. The molecular weight excluding hydrogens is 288 g/mol. The molecule has 0 bridgehead atoms. The molecule has 1 aromatic carbocycles. The number of aromatic nitrogens is 1. The summed E-state index contributed by atoms with van der Waals surface area (Å²) in [6.07, 6.45) is 0. The molecule has 1 atom stereocenters. The topological polar surface area (TPSA) is 67.3 Å². The zero-order valence-corrected chi connectivity index (χ0v) is 12.6. The van der Waals surface area contributed by atoms with E-state index in [-0.39, 0.29) is 10.9 Å². The van der Waals surface area contributed by atoms with Gasteiger partial charge >= 0.3 is 4.87 Å². The van der Waals surface area contributed by atoms with E-state index >= 15 is 0 Å². The van der Waals surface area contributed by atoms with Crippen molar-refractivity contribution >= 4 is 22.3 Å². The summed E-state index contributed by atoms with van der Waals surface area (Å²) in [5.74, 6) is 1.57. The number of fused-ring (bicyclic) bond motifs is 1. The minimum absolute atomic E-state index is 0.0329. The lowest BCUT2D eigenvalue weighted by molar-refractivity contribution is 0.399. The Morgan fingerprint density at radius 1 is 1.48 bits per heavy atom. The molecule has 0 saturated heterocycles. The average molecular weight is 304 g/mol. The molecule has 2 N–H and O–H groups in total. The van der Waals surface area contributed by atoms with Gasteiger partial charge in [0.2, 0.25) is 0 Å². The summed E-state index contributed by atoms with van der Waals surface area (Å²) in [7, 11) is 1.63. The molecule has 0 fully saturated rings. The maximum absolute atomic E-state index is 11.1. The molecule has 3 aromatic rings. The number of ether oxygens (including phenoxy) is 1. The van der Waals surface area contributed by atoms with Crippen LogP contribution >= 0.6 is 11.3 Å². The lowest BCUT2D eigenvalue weighted by Crippen LogP contribution is -2.18. The van der Waals surface area contributed by atoms with E-state index in [4.69, 9.17) is 9.15 Å². The molecule has 0 spiro atoms. The standard InChI is InChI=1S/C15H16N2O3S/c1-9(16-7-11-8-21-15(18)17-11)13-6-10-4-3-5-12(19-2)14(10)20-13/h3-6,8-9,16H,7H2,1-2H3,(H,17,18). The fourth-order valence-corrected chi connectivity index (χ4v) is 2.78. The van der Waals surface area contributed by atoms with Crippen LogP contribution in [-0.2, 0) is 6.54 Å². The van der Waals surface area contributed by atoms with E-state index in [0.717, 1.165) is 28.2 Å². The third-order valence-corrected chi connectivity index (χ3v) is 4.06. The van der Waals surface area contributed by atoms with Gasteiger partial charge in [0, 0.05) is 23.0 Å². The summed E-state index contributed by atoms with van der Waals surface area (Å²) >= 11 is 1.17. The average Bonchev–Trinajstić information content (AvgIpc) is 3.10. The van der Waals surface area contributed by atoms with Crippen molar-refractivity contribution in [3.05, 3.63) is 50.8 Å². The van der Waals surface area contributed by atoms with Gasteiger partial charge in [-0.1, -0.05) is 23.5 Å². The molecule has 0 amide bonds. The Bertz CT molecular complexity index is 802. The molecule has 21 heavy (non-hydrogen) atoms. The van der Waals surface area contributed by atoms with Gasteiger partial charge in [0.25, 0.3) is 0 Å². The normalized spacial score (nSPS) is 12.7. The summed E-state index contributed by atoms with van der Waals surface area (Å²) < 4.78 is 11.2. The smallest absolute Gasteiger partial charge is 0.304 e. The highest BCUT2D eigenvalue weighted by atomic mass is 32.1. The van der Waals surface area contributed by atoms with Crippen LogP contribution in [0.25, 0.3) is 11.0 Å². The van der Waals surface area contributed by atoms with Gasteiger partial charge in [0.05, 0.1) is 13.2 Å². The van der Waals surface area contributed by atoms with E-state index in [1.165, 1.54) is 11.3 Å². The van der Waals surface area contributed by atoms with Gasteiger partial charge in [-0.15, -0.1) is 0 Å². The molecule has 3 rings (SSSR count). The predicted octanol–water partition coefficient (Wildman–Crippen LogP) is 3.04. The van der Waals surface area contributed by atoms with Crippen LogP contribution in [0.5, 0.6) is 5.75 Å². The van der Waals surface area contributed by atoms with E-state index in [0.29, 0.717) is 6.54 Å². The highest BCUT2D eigenvalue weighted by Crippen LogP contribution is 2.30. The molecule has 110 valence electrons. The Hall–Kier alpha value is -2.05. The first kappa shape index (κ1) is 13.9. The number of thiazole rings is 1. The first-order chi connectivity index (χ1) is 10.2. The lowest BCUT2D eigenvalue weighted by Gasteiger charge is -2.09. The number of methoxy groups -OCH3 is 1. The van der Waals surface area contributed by atoms with Crippen molar-refractivity contribution in [2.24, 2.45) is 0 Å². The second-order valence-electron chi connectivity index (χ2n) is 4.80. The maximum atomic E-state index is 11.1. The molecular formula is C15H16N2O3S. The fourth-order valence-electron chi connectivity index (χ4n) is 2.19. The van der Waals surface area contributed by atoms with Crippen molar-refractivity contribution in [3.8, 4) is 5.75 Å². The summed E-state index contributed by atoms with van der Waals surface area (Å²) in [5, 5.41) is 6.17. The number of furan rings is 1. The molecule has 0 aliphatic carbocycles. The largest absolute Gasteiger partial charge is 0.493 e. The van der Waals surface area contributed by atoms with Gasteiger partial charge in [0.1, 0.15) is 5.76 Å². The Morgan fingerprint density at radius 2 is 2.33 bits per heavy atom. The van der Waals surface area contributed by atoms with Gasteiger partial charge in [-0.25, -0.2) is 0 Å². The predicted molar refractivity (Wildman–Crippen MR) is 83.0 cm³/mol. The summed E-state index contributed by atoms with van der Waals surface area (Å²) in [4.78, 5) is 13.8. The van der Waals surface area contributed by atoms with Crippen molar-refractivity contribution in [1.82, 2.24) is 10.3 Å². The number of nitrogens with one attached hydrogen (secondary N) is 2. The summed E-state index contributed by atoms with van der Waals surface area (Å²) in [6, 6.07) is 7.85. The van der Waals surface area contributed by atoms with Crippen LogP contribution in [0.3, 0.4) is 0 Å². The van der Waals surface area contributed by atoms with Gasteiger partial charge in [0.15, 0.2) is 11.3 Å². The second-order valence-corrected chi connectivity index (χ2v) is 5.65. The van der Waals surface area contributed by atoms with E-state index < -0.39 is 0 Å². The third-order valence-electron chi connectivity index (χ3n) is 3.34. The van der Waals surface area contributed by atoms with Crippen LogP contribution in [-0.4, -0.2) is 12.1 Å². The van der Waals surface area contributed by atoms with E-state index in [1.54, 1.807) is 7.11 Å². The summed E-state index contributed by atoms with van der Waals surface area (Å²) in [5.41, 5.74) is 1.64. The van der Waals surface area contributed by atoms with Crippen molar-refractivity contribution < 1.29 is 9.15 Å². The van der Waals surface area contributed by atoms with Gasteiger partial charge in [-0.05, 0) is 19.1 Å². The molecule has 2 aromatic heterocycles. The maximum Gasteiger partial charge on any atom is 0.304 e. The number of hydrogen-bond acceptors (Lipinski definition) is 5. The van der Waals surface area contributed by atoms with Crippen LogP contribution in [0, 0.1) is 0 Å². The number of rotatable bonds is 5. The van der Waals surface area contributed by atoms with Crippen molar-refractivity contribution in [1.29, 1.82) is 0 Å². The van der Waals surface area contributed by atoms with Crippen molar-refractivity contribution in [3.63, 3.8) is 0 Å². The molecule has 5 nitrogen and oxygen atoms in total. The molecule has 0 aliphatic heterocycles. The number of para-hydroxylation sites is 1. The Morgan fingerprint density at radius 3 is 3.05 bits per heavy atom. The number of hydrogen-bond donors (Lipinski definition) is 2. The third kappa shape index (κ3) is 2.86. The van der Waals surface area contributed by atoms with Crippen LogP contribution in [0.1, 0.15) is 24.4 Å². The van der Waals surface area contributed by atoms with Crippen LogP contribution in [0.15, 0.2) is 38.9 Å². The monoisotopic (exact) mass is 304 g/mol. The minimum atomic E-state index is -0.0343. The van der Waals surface area contributed by atoms with Crippen LogP contribution in [0.4, 0.5) is 0 Å². The Balaban J connectivity index is 1.78. The molecule has 0 saturated carbocycles. The lowest BCUT2D eigenvalue weighted by atomic mass is 10.2. The van der Waals surface area contributed by atoms with E-state index in [1.807, 2.05) is 36.6 Å². The molecule has 0 aliphatic rings. The Kier molecular flexibility index (Phi) is 3.81. The quantitative estimate of drug-likeness (QED) is 0.760. The van der Waals surface area contributed by atoms with Crippen LogP contribution in [0.2, 0.25) is 0 Å². The van der Waals surface area contributed by atoms with Crippen molar-refractivity contribution in [2.75, 3.05) is 7.11 Å². The Labute approximate surface area is 125 Å². The highest BCUT2D eigenvalue weighted by molar-refractivity contribution is 7.07. The summed E-state index contributed by atoms with van der Waals surface area (Å²) in [6.45, 7) is 2.61. The minimum Gasteiger partial charge on any atom is -0.493 e. The van der Waals surface area contributed by atoms with E-state index in [2.05, 4.69) is 10.3 Å². The zero-order valence-electron chi connectivity index (χ0n) is 11.8. The second kappa shape index (κ2) is 5.75. The molecule has 1 unspecified atom stereocenters. The fraction of sp³-hybridized carbons (Fsp3) is 0.267. The van der Waals surface area contributed by atoms with Crippen LogP contribution < -0.4 is 14.9 Å². The zero-order chi connectivity index (χ0) is 14.8. The molecule has 6 heteroatoms. The number of H-pyrrole nitrogens is 1. The van der Waals surface area contributed by atoms with Gasteiger partial charge in [-0.3, -0.25) is 4.79 Å². The van der Waals surface area contributed by atoms with E-state index in [9.17, 15) is 4.79 Å². The van der Waals surface area contributed by atoms with Crippen molar-refractivity contribution in [2.45, 2.75) is 19.5 Å². The molecule has 2 heterocycles. The SMILES string of the molecule is COc1cccc2cc(C(C)NCc3csc(=O)[nH]3)oc12. The number of aromatic amines is 1.